The number of likely N-dealkylation sites (tertiary alicyclic amines) is 1. The molecule has 0 radical (unpaired) electrons. The third-order valence-electron chi connectivity index (χ3n) is 3.14. The maximum absolute atomic E-state index is 10.9. The zero-order valence-corrected chi connectivity index (χ0v) is 10.8. The molecule has 1 fully saturated rings. The molecule has 0 aromatic carbocycles. The Morgan fingerprint density at radius 3 is 2.69 bits per heavy atom. The first-order chi connectivity index (χ1) is 7.61. The third kappa shape index (κ3) is 5.08. The molecule has 1 rings (SSSR count). The van der Waals surface area contributed by atoms with Gasteiger partial charge in [0.25, 0.3) is 0 Å². The van der Waals surface area contributed by atoms with Crippen molar-refractivity contribution < 1.29 is 9.53 Å². The van der Waals surface area contributed by atoms with Gasteiger partial charge in [0.15, 0.2) is 0 Å². The van der Waals surface area contributed by atoms with E-state index < -0.39 is 0 Å². The van der Waals surface area contributed by atoms with Crippen LogP contribution in [0.1, 0.15) is 33.1 Å². The molecular formula is C13H25NO2. The number of nitrogens with zero attached hydrogens (tertiary/aromatic N) is 1. The van der Waals surface area contributed by atoms with Crippen molar-refractivity contribution in [2.45, 2.75) is 39.2 Å². The Morgan fingerprint density at radius 1 is 1.38 bits per heavy atom. The van der Waals surface area contributed by atoms with E-state index in [1.54, 1.807) is 0 Å². The lowest BCUT2D eigenvalue weighted by molar-refractivity contribution is -0.113. The van der Waals surface area contributed by atoms with E-state index in [4.69, 9.17) is 4.74 Å². The molecule has 0 aliphatic carbocycles. The number of ether oxygens (including phenoxy) is 1. The largest absolute Gasteiger partial charge is 0.378 e. The van der Waals surface area contributed by atoms with E-state index in [9.17, 15) is 4.79 Å². The molecule has 1 aliphatic rings. The van der Waals surface area contributed by atoms with Gasteiger partial charge in [-0.05, 0) is 38.8 Å². The summed E-state index contributed by atoms with van der Waals surface area (Å²) in [5.41, 5.74) is 0. The number of rotatable bonds is 4. The minimum atomic E-state index is 0.180. The van der Waals surface area contributed by atoms with Crippen LogP contribution in [0.4, 0.5) is 0 Å². The molecule has 0 aromatic heterocycles. The van der Waals surface area contributed by atoms with Crippen molar-refractivity contribution >= 4 is 6.29 Å². The molecule has 2 atom stereocenters. The molecule has 0 bridgehead atoms. The molecule has 3 heteroatoms. The van der Waals surface area contributed by atoms with Crippen molar-refractivity contribution in [2.75, 3.05) is 26.7 Å². The van der Waals surface area contributed by atoms with Crippen LogP contribution in [-0.4, -0.2) is 44.0 Å². The highest BCUT2D eigenvalue weighted by Gasteiger charge is 2.20. The molecular weight excluding hydrogens is 202 g/mol. The Labute approximate surface area is 99.1 Å². The predicted octanol–water partition coefficient (Wildman–Crippen LogP) is 1.96. The Morgan fingerprint density at radius 2 is 2.06 bits per heavy atom. The van der Waals surface area contributed by atoms with Gasteiger partial charge in [0.2, 0.25) is 0 Å². The number of carbonyl (C=O) groups excluding carboxylic acids is 1. The molecule has 94 valence electrons. The summed E-state index contributed by atoms with van der Waals surface area (Å²) in [7, 11) is 2.12. The van der Waals surface area contributed by atoms with Crippen molar-refractivity contribution in [1.29, 1.82) is 0 Å². The van der Waals surface area contributed by atoms with Crippen LogP contribution in [0.25, 0.3) is 0 Å². The lowest BCUT2D eigenvalue weighted by Crippen LogP contribution is -2.32. The Bertz CT molecular complexity index is 204. The number of aldehydes is 1. The summed E-state index contributed by atoms with van der Waals surface area (Å²) in [6, 6.07) is 0. The Hall–Kier alpha value is -0.410. The van der Waals surface area contributed by atoms with Crippen LogP contribution in [0, 0.1) is 11.8 Å². The molecule has 1 heterocycles. The summed E-state index contributed by atoms with van der Waals surface area (Å²) in [6.45, 7) is 7.23. The molecule has 16 heavy (non-hydrogen) atoms. The molecule has 0 saturated carbocycles. The van der Waals surface area contributed by atoms with E-state index in [1.165, 1.54) is 0 Å². The standard InChI is InChI=1S/C13H25NO2/c1-11(2)10-16-13-5-7-14(3)6-4-12(8-13)9-15/h9,11-13H,4-8,10H2,1-3H3. The normalized spacial score (nSPS) is 28.8. The molecule has 0 spiro atoms. The zero-order valence-electron chi connectivity index (χ0n) is 10.8. The Balaban J connectivity index is 2.42. The van der Waals surface area contributed by atoms with Gasteiger partial charge in [-0.2, -0.15) is 0 Å². The summed E-state index contributed by atoms with van der Waals surface area (Å²) in [5, 5.41) is 0. The highest BCUT2D eigenvalue weighted by Crippen LogP contribution is 2.18. The van der Waals surface area contributed by atoms with Gasteiger partial charge in [-0.25, -0.2) is 0 Å². The molecule has 2 unspecified atom stereocenters. The maximum atomic E-state index is 10.9. The number of hydrogen-bond acceptors (Lipinski definition) is 3. The van der Waals surface area contributed by atoms with Crippen LogP contribution in [0.15, 0.2) is 0 Å². The van der Waals surface area contributed by atoms with Crippen molar-refractivity contribution in [3.05, 3.63) is 0 Å². The van der Waals surface area contributed by atoms with E-state index in [0.717, 1.165) is 45.2 Å². The van der Waals surface area contributed by atoms with Crippen LogP contribution in [0.2, 0.25) is 0 Å². The van der Waals surface area contributed by atoms with Crippen molar-refractivity contribution in [2.24, 2.45) is 11.8 Å². The lowest BCUT2D eigenvalue weighted by atomic mass is 9.95. The van der Waals surface area contributed by atoms with Gasteiger partial charge in [-0.15, -0.1) is 0 Å². The molecule has 0 aromatic rings. The van der Waals surface area contributed by atoms with Gasteiger partial charge in [0.05, 0.1) is 6.10 Å². The quantitative estimate of drug-likeness (QED) is 0.688. The van der Waals surface area contributed by atoms with Crippen molar-refractivity contribution in [3.63, 3.8) is 0 Å². The van der Waals surface area contributed by atoms with Crippen molar-refractivity contribution in [3.8, 4) is 0 Å². The highest BCUT2D eigenvalue weighted by atomic mass is 16.5. The summed E-state index contributed by atoms with van der Waals surface area (Å²) in [5.74, 6) is 0.748. The van der Waals surface area contributed by atoms with Crippen LogP contribution in [0.5, 0.6) is 0 Å². The summed E-state index contributed by atoms with van der Waals surface area (Å²) in [4.78, 5) is 13.2. The predicted molar refractivity (Wildman–Crippen MR) is 65.5 cm³/mol. The topological polar surface area (TPSA) is 29.5 Å². The summed E-state index contributed by atoms with van der Waals surface area (Å²) < 4.78 is 5.87. The van der Waals surface area contributed by atoms with Crippen molar-refractivity contribution in [1.82, 2.24) is 4.90 Å². The fraction of sp³-hybridized carbons (Fsp3) is 0.923. The van der Waals surface area contributed by atoms with Crippen LogP contribution >= 0.6 is 0 Å². The van der Waals surface area contributed by atoms with E-state index in [1.807, 2.05) is 0 Å². The second-order valence-corrected chi connectivity index (χ2v) is 5.36. The van der Waals surface area contributed by atoms with Crippen LogP contribution in [0.3, 0.4) is 0 Å². The van der Waals surface area contributed by atoms with E-state index >= 15 is 0 Å². The maximum Gasteiger partial charge on any atom is 0.123 e. The van der Waals surface area contributed by atoms with Gasteiger partial charge in [0, 0.05) is 19.1 Å². The minimum absolute atomic E-state index is 0.180. The summed E-state index contributed by atoms with van der Waals surface area (Å²) in [6.07, 6.45) is 4.30. The fourth-order valence-corrected chi connectivity index (χ4v) is 2.04. The number of hydrogen-bond donors (Lipinski definition) is 0. The number of carbonyl (C=O) groups is 1. The van der Waals surface area contributed by atoms with Gasteiger partial charge in [-0.1, -0.05) is 13.8 Å². The van der Waals surface area contributed by atoms with Gasteiger partial charge in [-0.3, -0.25) is 0 Å². The smallest absolute Gasteiger partial charge is 0.123 e. The molecule has 1 saturated heterocycles. The lowest BCUT2D eigenvalue weighted by Gasteiger charge is -2.28. The van der Waals surface area contributed by atoms with Crippen LogP contribution in [-0.2, 0) is 9.53 Å². The van der Waals surface area contributed by atoms with Crippen LogP contribution < -0.4 is 0 Å². The first-order valence-electron chi connectivity index (χ1n) is 6.37. The molecule has 1 aliphatic heterocycles. The average molecular weight is 227 g/mol. The van der Waals surface area contributed by atoms with E-state index in [2.05, 4.69) is 25.8 Å². The van der Waals surface area contributed by atoms with Gasteiger partial charge >= 0.3 is 0 Å². The molecule has 0 N–H and O–H groups in total. The third-order valence-corrected chi connectivity index (χ3v) is 3.14. The fourth-order valence-electron chi connectivity index (χ4n) is 2.04. The van der Waals surface area contributed by atoms with Gasteiger partial charge in [0.1, 0.15) is 6.29 Å². The SMILES string of the molecule is CC(C)COC1CCN(C)CCC(C=O)C1. The first kappa shape index (κ1) is 13.7. The Kier molecular flexibility index (Phi) is 5.99. The first-order valence-corrected chi connectivity index (χ1v) is 6.37. The monoisotopic (exact) mass is 227 g/mol. The molecule has 0 amide bonds. The molecule has 3 nitrogen and oxygen atoms in total. The average Bonchev–Trinajstić information content (AvgIpc) is 2.23. The van der Waals surface area contributed by atoms with E-state index in [-0.39, 0.29) is 12.0 Å². The van der Waals surface area contributed by atoms with Gasteiger partial charge < -0.3 is 14.4 Å². The highest BCUT2D eigenvalue weighted by molar-refractivity contribution is 5.53. The second kappa shape index (κ2) is 7.02. The van der Waals surface area contributed by atoms with E-state index in [0.29, 0.717) is 5.92 Å². The second-order valence-electron chi connectivity index (χ2n) is 5.36. The summed E-state index contributed by atoms with van der Waals surface area (Å²) >= 11 is 0. The minimum Gasteiger partial charge on any atom is -0.378 e. The zero-order chi connectivity index (χ0) is 12.0.